The Balaban J connectivity index is 2.26. The highest BCUT2D eigenvalue weighted by molar-refractivity contribution is 6.42. The third-order valence-corrected chi connectivity index (χ3v) is 4.22. The van der Waals surface area contributed by atoms with Crippen molar-refractivity contribution < 1.29 is 27.8 Å². The van der Waals surface area contributed by atoms with Crippen LogP contribution in [0.25, 0.3) is 11.3 Å². The van der Waals surface area contributed by atoms with E-state index in [1.807, 2.05) is 0 Å². The Kier molecular flexibility index (Phi) is 5.44. The molecule has 0 radical (unpaired) electrons. The van der Waals surface area contributed by atoms with Gasteiger partial charge in [-0.05, 0) is 24.3 Å². The van der Waals surface area contributed by atoms with Crippen LogP contribution < -0.4 is 4.74 Å². The summed E-state index contributed by atoms with van der Waals surface area (Å²) in [5.74, 6) is -2.22. The van der Waals surface area contributed by atoms with Crippen LogP contribution in [-0.2, 0) is 6.18 Å². The van der Waals surface area contributed by atoms with E-state index in [2.05, 4.69) is 9.97 Å². The number of hydrogen-bond acceptors (Lipinski definition) is 4. The normalized spacial score (nSPS) is 11.3. The molecule has 0 amide bonds. The van der Waals surface area contributed by atoms with Crippen molar-refractivity contribution in [2.24, 2.45) is 0 Å². The topological polar surface area (TPSA) is 72.3 Å². The molecule has 0 saturated heterocycles. The van der Waals surface area contributed by atoms with Gasteiger partial charge < -0.3 is 9.84 Å². The van der Waals surface area contributed by atoms with Crippen molar-refractivity contribution in [3.8, 4) is 22.9 Å². The number of aromatic carboxylic acids is 1. The van der Waals surface area contributed by atoms with Gasteiger partial charge in [-0.25, -0.2) is 14.8 Å². The maximum atomic E-state index is 13.3. The molecule has 144 valence electrons. The van der Waals surface area contributed by atoms with Crippen molar-refractivity contribution in [3.63, 3.8) is 0 Å². The van der Waals surface area contributed by atoms with E-state index in [-0.39, 0.29) is 27.1 Å². The van der Waals surface area contributed by atoms with Crippen molar-refractivity contribution >= 4 is 29.2 Å². The molecule has 1 aromatic heterocycles. The van der Waals surface area contributed by atoms with Crippen molar-refractivity contribution in [1.29, 1.82) is 0 Å². The maximum absolute atomic E-state index is 13.3. The van der Waals surface area contributed by atoms with Gasteiger partial charge in [0.25, 0.3) is 0 Å². The number of carboxylic acid groups (broad SMARTS) is 1. The molecule has 0 aliphatic carbocycles. The standard InChI is InChI=1S/C18H9Cl2F3N2O3/c19-11-7-6-9(8-12(11)20)13-16(28-10-4-2-1-3-5-10)25-15(18(21,22)23)14(24-13)17(26)27/h1-8H,(H,26,27). The summed E-state index contributed by atoms with van der Waals surface area (Å²) >= 11 is 11.8. The SMILES string of the molecule is O=C(O)c1nc(-c2ccc(Cl)c(Cl)c2)c(Oc2ccccc2)nc1C(F)(F)F. The molecule has 5 nitrogen and oxygen atoms in total. The molecule has 0 saturated carbocycles. The van der Waals surface area contributed by atoms with E-state index in [1.54, 1.807) is 18.2 Å². The number of carbonyl (C=O) groups is 1. The summed E-state index contributed by atoms with van der Waals surface area (Å²) in [6.07, 6.45) is -5.05. The number of carboxylic acids is 1. The summed E-state index contributed by atoms with van der Waals surface area (Å²) in [4.78, 5) is 18.4. The van der Waals surface area contributed by atoms with E-state index in [4.69, 9.17) is 27.9 Å². The molecule has 0 unspecified atom stereocenters. The van der Waals surface area contributed by atoms with Crippen LogP contribution in [0.1, 0.15) is 16.2 Å². The number of rotatable bonds is 4. The van der Waals surface area contributed by atoms with Gasteiger partial charge in [0.2, 0.25) is 5.88 Å². The van der Waals surface area contributed by atoms with Crippen molar-refractivity contribution in [2.45, 2.75) is 6.18 Å². The predicted molar refractivity (Wildman–Crippen MR) is 96.0 cm³/mol. The average molecular weight is 429 g/mol. The largest absolute Gasteiger partial charge is 0.476 e. The van der Waals surface area contributed by atoms with Gasteiger partial charge in [-0.2, -0.15) is 13.2 Å². The Morgan fingerprint density at radius 3 is 2.25 bits per heavy atom. The monoisotopic (exact) mass is 428 g/mol. The van der Waals surface area contributed by atoms with Crippen LogP contribution in [0.15, 0.2) is 48.5 Å². The lowest BCUT2D eigenvalue weighted by molar-refractivity contribution is -0.142. The molecule has 2 aromatic carbocycles. The van der Waals surface area contributed by atoms with Crippen LogP contribution in [-0.4, -0.2) is 21.0 Å². The molecule has 28 heavy (non-hydrogen) atoms. The Morgan fingerprint density at radius 2 is 1.68 bits per heavy atom. The van der Waals surface area contributed by atoms with E-state index < -0.39 is 29.4 Å². The van der Waals surface area contributed by atoms with E-state index in [0.29, 0.717) is 0 Å². The first-order valence-corrected chi connectivity index (χ1v) is 8.33. The second-order valence-electron chi connectivity index (χ2n) is 5.42. The summed E-state index contributed by atoms with van der Waals surface area (Å²) in [7, 11) is 0. The highest BCUT2D eigenvalue weighted by atomic mass is 35.5. The zero-order chi connectivity index (χ0) is 20.5. The fourth-order valence-corrected chi connectivity index (χ4v) is 2.57. The quantitative estimate of drug-likeness (QED) is 0.554. The Hall–Kier alpha value is -2.84. The number of hydrogen-bond donors (Lipinski definition) is 1. The molecule has 1 heterocycles. The smallest absolute Gasteiger partial charge is 0.435 e. The lowest BCUT2D eigenvalue weighted by Gasteiger charge is -2.15. The second-order valence-corrected chi connectivity index (χ2v) is 6.24. The van der Waals surface area contributed by atoms with Crippen LogP contribution in [0.2, 0.25) is 10.0 Å². The van der Waals surface area contributed by atoms with Crippen molar-refractivity contribution in [1.82, 2.24) is 9.97 Å². The summed E-state index contributed by atoms with van der Waals surface area (Å²) in [6, 6.07) is 12.0. The molecule has 0 aliphatic rings. The highest BCUT2D eigenvalue weighted by Crippen LogP contribution is 2.38. The third-order valence-electron chi connectivity index (χ3n) is 3.49. The van der Waals surface area contributed by atoms with Crippen LogP contribution in [0.4, 0.5) is 13.2 Å². The van der Waals surface area contributed by atoms with Crippen molar-refractivity contribution in [2.75, 3.05) is 0 Å². The van der Waals surface area contributed by atoms with Gasteiger partial charge in [-0.1, -0.05) is 47.5 Å². The van der Waals surface area contributed by atoms with Gasteiger partial charge in [-0.15, -0.1) is 0 Å². The fraction of sp³-hybridized carbons (Fsp3) is 0.0556. The number of benzene rings is 2. The van der Waals surface area contributed by atoms with Crippen molar-refractivity contribution in [3.05, 3.63) is 70.0 Å². The molecule has 0 aliphatic heterocycles. The van der Waals surface area contributed by atoms with Gasteiger partial charge in [0, 0.05) is 5.56 Å². The first-order valence-electron chi connectivity index (χ1n) is 7.57. The minimum atomic E-state index is -5.05. The summed E-state index contributed by atoms with van der Waals surface area (Å²) < 4.78 is 45.4. The number of halogens is 5. The van der Waals surface area contributed by atoms with E-state index >= 15 is 0 Å². The molecular formula is C18H9Cl2F3N2O3. The third kappa shape index (κ3) is 4.18. The molecule has 3 aromatic rings. The van der Waals surface area contributed by atoms with Crippen LogP contribution in [0.3, 0.4) is 0 Å². The molecule has 10 heteroatoms. The number of nitrogens with zero attached hydrogens (tertiary/aromatic N) is 2. The van der Waals surface area contributed by atoms with Crippen LogP contribution in [0, 0.1) is 0 Å². The van der Waals surface area contributed by atoms with Gasteiger partial charge in [0.1, 0.15) is 11.4 Å². The summed E-state index contributed by atoms with van der Waals surface area (Å²) in [6.45, 7) is 0. The van der Waals surface area contributed by atoms with Gasteiger partial charge in [-0.3, -0.25) is 0 Å². The lowest BCUT2D eigenvalue weighted by atomic mass is 10.1. The molecule has 0 fully saturated rings. The van der Waals surface area contributed by atoms with Gasteiger partial charge in [0.15, 0.2) is 11.4 Å². The number of aromatic nitrogens is 2. The molecule has 0 spiro atoms. The average Bonchev–Trinajstić information content (AvgIpc) is 2.63. The predicted octanol–water partition coefficient (Wildman–Crippen LogP) is 5.96. The zero-order valence-corrected chi connectivity index (χ0v) is 15.2. The van der Waals surface area contributed by atoms with E-state index in [0.717, 1.165) is 0 Å². The van der Waals surface area contributed by atoms with Crippen LogP contribution >= 0.6 is 23.2 Å². The first kappa shape index (κ1) is 19.9. The minimum Gasteiger partial charge on any atom is -0.476 e. The fourth-order valence-electron chi connectivity index (χ4n) is 2.27. The number of para-hydroxylation sites is 1. The molecule has 0 atom stereocenters. The molecule has 0 bridgehead atoms. The lowest BCUT2D eigenvalue weighted by Crippen LogP contribution is -2.18. The van der Waals surface area contributed by atoms with Crippen LogP contribution in [0.5, 0.6) is 11.6 Å². The van der Waals surface area contributed by atoms with E-state index in [9.17, 15) is 23.1 Å². The Labute approximate surface area is 166 Å². The number of ether oxygens (including phenoxy) is 1. The molecular weight excluding hydrogens is 420 g/mol. The minimum absolute atomic E-state index is 0.100. The molecule has 1 N–H and O–H groups in total. The number of alkyl halides is 3. The zero-order valence-electron chi connectivity index (χ0n) is 13.7. The van der Waals surface area contributed by atoms with Gasteiger partial charge in [0.05, 0.1) is 10.0 Å². The van der Waals surface area contributed by atoms with E-state index in [1.165, 1.54) is 30.3 Å². The highest BCUT2D eigenvalue weighted by Gasteiger charge is 2.40. The Morgan fingerprint density at radius 1 is 1.00 bits per heavy atom. The molecule has 3 rings (SSSR count). The Bertz CT molecular complexity index is 1040. The first-order chi connectivity index (χ1) is 13.2. The maximum Gasteiger partial charge on any atom is 0.435 e. The summed E-state index contributed by atoms with van der Waals surface area (Å²) in [5, 5.41) is 9.49. The van der Waals surface area contributed by atoms with Gasteiger partial charge >= 0.3 is 12.1 Å². The summed E-state index contributed by atoms with van der Waals surface area (Å²) in [5.41, 5.74) is -2.97. The second kappa shape index (κ2) is 7.65.